The summed E-state index contributed by atoms with van der Waals surface area (Å²) in [5.41, 5.74) is 6.00. The number of nitrogens with two attached hydrogens (primary N) is 1. The molecule has 102 valence electrons. The van der Waals surface area contributed by atoms with Crippen LogP contribution in [0.3, 0.4) is 0 Å². The van der Waals surface area contributed by atoms with Crippen molar-refractivity contribution in [2.24, 2.45) is 17.1 Å². The van der Waals surface area contributed by atoms with Gasteiger partial charge in [-0.2, -0.15) is 0 Å². The molecule has 1 aliphatic carbocycles. The minimum atomic E-state index is -0.592. The van der Waals surface area contributed by atoms with E-state index in [0.717, 1.165) is 9.13 Å². The Balaban J connectivity index is 2.09. The molecule has 0 unspecified atom stereocenters. The molecule has 4 nitrogen and oxygen atoms in total. The number of primary amides is 1. The fraction of sp³-hybridized carbons (Fsp3) is 0.429. The van der Waals surface area contributed by atoms with Gasteiger partial charge in [-0.05, 0) is 59.5 Å². The Bertz CT molecular complexity index is 492. The SMILES string of the molecule is COC(=O)C1CC(Cc2ccc(I)cc2)(C(N)=O)C1. The van der Waals surface area contributed by atoms with Crippen LogP contribution in [0.5, 0.6) is 0 Å². The van der Waals surface area contributed by atoms with E-state index in [4.69, 9.17) is 10.5 Å². The van der Waals surface area contributed by atoms with Crippen LogP contribution in [0.25, 0.3) is 0 Å². The normalized spacial score (nSPS) is 25.5. The summed E-state index contributed by atoms with van der Waals surface area (Å²) < 4.78 is 5.85. The molecule has 19 heavy (non-hydrogen) atoms. The van der Waals surface area contributed by atoms with Crippen LogP contribution in [-0.2, 0) is 20.7 Å². The Hall–Kier alpha value is -1.11. The molecular formula is C14H16INO3. The lowest BCUT2D eigenvalue weighted by Crippen LogP contribution is -2.51. The molecule has 0 spiro atoms. The van der Waals surface area contributed by atoms with Gasteiger partial charge < -0.3 is 10.5 Å². The van der Waals surface area contributed by atoms with Gasteiger partial charge in [-0.25, -0.2) is 0 Å². The third-order valence-electron chi connectivity index (χ3n) is 3.79. The zero-order chi connectivity index (χ0) is 14.0. The molecule has 0 saturated heterocycles. The third-order valence-corrected chi connectivity index (χ3v) is 4.51. The minimum Gasteiger partial charge on any atom is -0.469 e. The van der Waals surface area contributed by atoms with Crippen molar-refractivity contribution < 1.29 is 14.3 Å². The van der Waals surface area contributed by atoms with Gasteiger partial charge in [0.25, 0.3) is 0 Å². The van der Waals surface area contributed by atoms with E-state index in [9.17, 15) is 9.59 Å². The summed E-state index contributed by atoms with van der Waals surface area (Å²) in [6.45, 7) is 0. The number of esters is 1. The number of ether oxygens (including phenoxy) is 1. The number of hydrogen-bond donors (Lipinski definition) is 1. The van der Waals surface area contributed by atoms with Gasteiger partial charge >= 0.3 is 5.97 Å². The molecule has 1 amide bonds. The van der Waals surface area contributed by atoms with E-state index < -0.39 is 5.41 Å². The largest absolute Gasteiger partial charge is 0.469 e. The summed E-state index contributed by atoms with van der Waals surface area (Å²) in [6.07, 6.45) is 1.56. The van der Waals surface area contributed by atoms with Gasteiger partial charge in [0, 0.05) is 3.57 Å². The van der Waals surface area contributed by atoms with Crippen molar-refractivity contribution in [3.8, 4) is 0 Å². The van der Waals surface area contributed by atoms with E-state index in [1.807, 2.05) is 24.3 Å². The lowest BCUT2D eigenvalue weighted by molar-refractivity contribution is -0.157. The zero-order valence-electron chi connectivity index (χ0n) is 10.7. The monoisotopic (exact) mass is 373 g/mol. The first kappa shape index (κ1) is 14.3. The Kier molecular flexibility index (Phi) is 4.13. The molecule has 0 atom stereocenters. The molecule has 0 heterocycles. The lowest BCUT2D eigenvalue weighted by atomic mass is 9.59. The maximum Gasteiger partial charge on any atom is 0.308 e. The van der Waals surface area contributed by atoms with Crippen molar-refractivity contribution >= 4 is 34.5 Å². The number of halogens is 1. The molecule has 0 aromatic heterocycles. The van der Waals surface area contributed by atoms with Crippen LogP contribution < -0.4 is 5.73 Å². The first-order valence-electron chi connectivity index (χ1n) is 6.09. The maximum absolute atomic E-state index is 11.7. The average molecular weight is 373 g/mol. The molecule has 1 aromatic rings. The summed E-state index contributed by atoms with van der Waals surface area (Å²) in [7, 11) is 1.37. The summed E-state index contributed by atoms with van der Waals surface area (Å²) in [5, 5.41) is 0. The Morgan fingerprint density at radius 3 is 2.42 bits per heavy atom. The molecule has 0 bridgehead atoms. The van der Waals surface area contributed by atoms with Gasteiger partial charge in [0.2, 0.25) is 5.91 Å². The highest BCUT2D eigenvalue weighted by atomic mass is 127. The number of benzene rings is 1. The molecule has 2 N–H and O–H groups in total. The topological polar surface area (TPSA) is 69.4 Å². The molecule has 1 aliphatic rings. The Labute approximate surface area is 125 Å². The maximum atomic E-state index is 11.7. The molecular weight excluding hydrogens is 357 g/mol. The first-order chi connectivity index (χ1) is 8.97. The number of rotatable bonds is 4. The second-order valence-electron chi connectivity index (χ2n) is 5.08. The third kappa shape index (κ3) is 2.91. The van der Waals surface area contributed by atoms with Gasteiger partial charge in [-0.15, -0.1) is 0 Å². The highest BCUT2D eigenvalue weighted by Gasteiger charge is 2.51. The number of carbonyl (C=O) groups is 2. The molecule has 0 radical (unpaired) electrons. The molecule has 0 aliphatic heterocycles. The summed E-state index contributed by atoms with van der Waals surface area (Å²) >= 11 is 2.23. The van der Waals surface area contributed by atoms with Crippen molar-refractivity contribution in [3.63, 3.8) is 0 Å². The fourth-order valence-electron chi connectivity index (χ4n) is 2.64. The van der Waals surface area contributed by atoms with Crippen LogP contribution in [0.2, 0.25) is 0 Å². The van der Waals surface area contributed by atoms with Crippen LogP contribution >= 0.6 is 22.6 Å². The van der Waals surface area contributed by atoms with Crippen LogP contribution in [-0.4, -0.2) is 19.0 Å². The molecule has 1 saturated carbocycles. The van der Waals surface area contributed by atoms with Gasteiger partial charge in [0.15, 0.2) is 0 Å². The fourth-order valence-corrected chi connectivity index (χ4v) is 3.00. The van der Waals surface area contributed by atoms with E-state index >= 15 is 0 Å². The van der Waals surface area contributed by atoms with Crippen LogP contribution in [0, 0.1) is 14.9 Å². The number of methoxy groups -OCH3 is 1. The molecule has 1 fully saturated rings. The quantitative estimate of drug-likeness (QED) is 0.648. The lowest BCUT2D eigenvalue weighted by Gasteiger charge is -2.44. The predicted octanol–water partition coefficient (Wildman–Crippen LogP) is 1.89. The first-order valence-corrected chi connectivity index (χ1v) is 7.17. The second-order valence-corrected chi connectivity index (χ2v) is 6.32. The highest BCUT2D eigenvalue weighted by molar-refractivity contribution is 14.1. The highest BCUT2D eigenvalue weighted by Crippen LogP contribution is 2.48. The zero-order valence-corrected chi connectivity index (χ0v) is 12.8. The van der Waals surface area contributed by atoms with Gasteiger partial charge in [0.1, 0.15) is 0 Å². The Morgan fingerprint density at radius 1 is 1.37 bits per heavy atom. The van der Waals surface area contributed by atoms with E-state index in [2.05, 4.69) is 22.6 Å². The standard InChI is InChI=1S/C14H16INO3/c1-19-12(17)10-7-14(8-10,13(16)18)6-9-2-4-11(15)5-3-9/h2-5,10H,6-8H2,1H3,(H2,16,18). The molecule has 1 aromatic carbocycles. The summed E-state index contributed by atoms with van der Waals surface area (Å²) in [6, 6.07) is 8.00. The van der Waals surface area contributed by atoms with Gasteiger partial charge in [-0.1, -0.05) is 12.1 Å². The van der Waals surface area contributed by atoms with Crippen molar-refractivity contribution in [1.29, 1.82) is 0 Å². The number of carbonyl (C=O) groups excluding carboxylic acids is 2. The van der Waals surface area contributed by atoms with Crippen molar-refractivity contribution in [3.05, 3.63) is 33.4 Å². The number of hydrogen-bond acceptors (Lipinski definition) is 3. The van der Waals surface area contributed by atoms with Crippen molar-refractivity contribution in [1.82, 2.24) is 0 Å². The van der Waals surface area contributed by atoms with E-state index in [0.29, 0.717) is 19.3 Å². The smallest absolute Gasteiger partial charge is 0.308 e. The predicted molar refractivity (Wildman–Crippen MR) is 79.2 cm³/mol. The van der Waals surface area contributed by atoms with Crippen LogP contribution in [0.15, 0.2) is 24.3 Å². The van der Waals surface area contributed by atoms with Crippen LogP contribution in [0.4, 0.5) is 0 Å². The summed E-state index contributed by atoms with van der Waals surface area (Å²) in [5.74, 6) is -0.771. The van der Waals surface area contributed by atoms with E-state index in [1.165, 1.54) is 7.11 Å². The minimum absolute atomic E-state index is 0.193. The van der Waals surface area contributed by atoms with Gasteiger partial charge in [-0.3, -0.25) is 9.59 Å². The Morgan fingerprint density at radius 2 is 1.95 bits per heavy atom. The average Bonchev–Trinajstić information content (AvgIpc) is 2.34. The van der Waals surface area contributed by atoms with E-state index in [1.54, 1.807) is 0 Å². The number of amides is 1. The van der Waals surface area contributed by atoms with Crippen LogP contribution in [0.1, 0.15) is 18.4 Å². The summed E-state index contributed by atoms with van der Waals surface area (Å²) in [4.78, 5) is 23.1. The van der Waals surface area contributed by atoms with Crippen molar-refractivity contribution in [2.45, 2.75) is 19.3 Å². The van der Waals surface area contributed by atoms with E-state index in [-0.39, 0.29) is 17.8 Å². The second kappa shape index (κ2) is 5.48. The van der Waals surface area contributed by atoms with Gasteiger partial charge in [0.05, 0.1) is 18.4 Å². The van der Waals surface area contributed by atoms with Crippen molar-refractivity contribution in [2.75, 3.05) is 7.11 Å². The molecule has 2 rings (SSSR count). The molecule has 5 heteroatoms.